The number of hydrogen-bond acceptors (Lipinski definition) is 3. The fourth-order valence-corrected chi connectivity index (χ4v) is 3.95. The number of rotatable bonds is 11. The lowest BCUT2D eigenvalue weighted by Gasteiger charge is -2.15. The van der Waals surface area contributed by atoms with Gasteiger partial charge < -0.3 is 5.11 Å². The number of para-hydroxylation sites is 1. The average molecular weight is 390 g/mol. The molecule has 1 aromatic heterocycles. The van der Waals surface area contributed by atoms with Crippen molar-refractivity contribution in [3.05, 3.63) is 65.9 Å². The molecule has 3 nitrogen and oxygen atoms in total. The summed E-state index contributed by atoms with van der Waals surface area (Å²) in [7, 11) is 0. The first-order valence-electron chi connectivity index (χ1n) is 10.8. The van der Waals surface area contributed by atoms with Gasteiger partial charge in [-0.1, -0.05) is 81.1 Å². The first kappa shape index (κ1) is 21.2. The standard InChI is InChI=1S/C26H31NO2/c1-2-3-4-5-9-14-23(29)18-22-19-27-26-21(16-17-28)13-10-15-24(26)25(22)20-11-7-6-8-12-20/h6-8,10-13,15,19,28H,2-5,9,14,16-18H2,1H3. The second-order valence-electron chi connectivity index (χ2n) is 7.69. The summed E-state index contributed by atoms with van der Waals surface area (Å²) in [6.45, 7) is 2.30. The van der Waals surface area contributed by atoms with Crippen molar-refractivity contribution in [1.29, 1.82) is 0 Å². The summed E-state index contributed by atoms with van der Waals surface area (Å²) < 4.78 is 0. The summed E-state index contributed by atoms with van der Waals surface area (Å²) >= 11 is 0. The van der Waals surface area contributed by atoms with Gasteiger partial charge in [0, 0.05) is 31.0 Å². The topological polar surface area (TPSA) is 50.2 Å². The van der Waals surface area contributed by atoms with Gasteiger partial charge in [0.15, 0.2) is 0 Å². The highest BCUT2D eigenvalue weighted by Gasteiger charge is 2.15. The number of aliphatic hydroxyl groups is 1. The lowest BCUT2D eigenvalue weighted by atomic mass is 9.91. The molecule has 0 radical (unpaired) electrons. The van der Waals surface area contributed by atoms with Gasteiger partial charge in [-0.2, -0.15) is 0 Å². The lowest BCUT2D eigenvalue weighted by Crippen LogP contribution is -2.06. The van der Waals surface area contributed by atoms with Crippen molar-refractivity contribution in [1.82, 2.24) is 4.98 Å². The molecule has 3 heteroatoms. The molecule has 3 aromatic rings. The number of fused-ring (bicyclic) bond motifs is 1. The van der Waals surface area contributed by atoms with Crippen molar-refractivity contribution in [2.45, 2.75) is 58.3 Å². The minimum atomic E-state index is 0.0970. The van der Waals surface area contributed by atoms with Gasteiger partial charge in [0.05, 0.1) is 5.52 Å². The minimum Gasteiger partial charge on any atom is -0.396 e. The van der Waals surface area contributed by atoms with Crippen LogP contribution in [0.2, 0.25) is 0 Å². The molecule has 0 unspecified atom stereocenters. The van der Waals surface area contributed by atoms with Crippen LogP contribution >= 0.6 is 0 Å². The number of benzene rings is 2. The van der Waals surface area contributed by atoms with Crippen LogP contribution in [0.15, 0.2) is 54.7 Å². The Morgan fingerprint density at radius 2 is 1.72 bits per heavy atom. The Morgan fingerprint density at radius 3 is 2.48 bits per heavy atom. The van der Waals surface area contributed by atoms with Crippen molar-refractivity contribution in [3.8, 4) is 11.1 Å². The monoisotopic (exact) mass is 389 g/mol. The third-order valence-electron chi connectivity index (χ3n) is 5.45. The van der Waals surface area contributed by atoms with E-state index in [2.05, 4.69) is 25.1 Å². The SMILES string of the molecule is CCCCCCCC(=O)Cc1cnc2c(CCO)cccc2c1-c1ccccc1. The maximum atomic E-state index is 12.7. The molecule has 3 rings (SSSR count). The van der Waals surface area contributed by atoms with Crippen LogP contribution in [0.25, 0.3) is 22.0 Å². The molecule has 0 fully saturated rings. The van der Waals surface area contributed by atoms with Crippen LogP contribution in [0.5, 0.6) is 0 Å². The number of aromatic nitrogens is 1. The largest absolute Gasteiger partial charge is 0.396 e. The first-order chi connectivity index (χ1) is 14.2. The van der Waals surface area contributed by atoms with Crippen molar-refractivity contribution in [2.75, 3.05) is 6.61 Å². The number of ketones is 1. The van der Waals surface area contributed by atoms with Gasteiger partial charge in [-0.05, 0) is 35.1 Å². The molecular weight excluding hydrogens is 358 g/mol. The first-order valence-corrected chi connectivity index (χ1v) is 10.8. The maximum Gasteiger partial charge on any atom is 0.137 e. The molecule has 2 aromatic carbocycles. The number of hydrogen-bond donors (Lipinski definition) is 1. The average Bonchev–Trinajstić information content (AvgIpc) is 2.74. The number of aliphatic hydroxyl groups excluding tert-OH is 1. The number of pyridine rings is 1. The molecule has 0 aliphatic heterocycles. The molecular formula is C26H31NO2. The van der Waals surface area contributed by atoms with Crippen molar-refractivity contribution >= 4 is 16.7 Å². The molecule has 1 heterocycles. The highest BCUT2D eigenvalue weighted by Crippen LogP contribution is 2.33. The van der Waals surface area contributed by atoms with Crippen LogP contribution in [0.3, 0.4) is 0 Å². The summed E-state index contributed by atoms with van der Waals surface area (Å²) in [5, 5.41) is 10.5. The molecule has 29 heavy (non-hydrogen) atoms. The van der Waals surface area contributed by atoms with Crippen LogP contribution < -0.4 is 0 Å². The van der Waals surface area contributed by atoms with Gasteiger partial charge in [-0.3, -0.25) is 9.78 Å². The summed E-state index contributed by atoms with van der Waals surface area (Å²) in [5.41, 5.74) is 5.14. The highest BCUT2D eigenvalue weighted by molar-refractivity contribution is 5.99. The number of carbonyl (C=O) groups is 1. The second kappa shape index (κ2) is 10.9. The van der Waals surface area contributed by atoms with Gasteiger partial charge >= 0.3 is 0 Å². The van der Waals surface area contributed by atoms with Crippen LogP contribution in [0.4, 0.5) is 0 Å². The highest BCUT2D eigenvalue weighted by atomic mass is 16.3. The predicted octanol–water partition coefficient (Wildman–Crippen LogP) is 5.91. The Morgan fingerprint density at radius 1 is 0.931 bits per heavy atom. The van der Waals surface area contributed by atoms with Gasteiger partial charge in [0.25, 0.3) is 0 Å². The van der Waals surface area contributed by atoms with E-state index in [1.54, 1.807) is 0 Å². The van der Waals surface area contributed by atoms with E-state index in [1.165, 1.54) is 19.3 Å². The van der Waals surface area contributed by atoms with E-state index < -0.39 is 0 Å². The normalized spacial score (nSPS) is 11.1. The zero-order valence-corrected chi connectivity index (χ0v) is 17.4. The molecule has 0 bridgehead atoms. The molecule has 0 saturated heterocycles. The third kappa shape index (κ3) is 5.51. The Bertz CT molecular complexity index is 934. The van der Waals surface area contributed by atoms with Crippen LogP contribution in [0, 0.1) is 0 Å². The molecule has 0 aliphatic rings. The quantitative estimate of drug-likeness (QED) is 0.415. The molecule has 0 aliphatic carbocycles. The Hall–Kier alpha value is -2.52. The van der Waals surface area contributed by atoms with Crippen molar-refractivity contribution < 1.29 is 9.90 Å². The van der Waals surface area contributed by atoms with Gasteiger partial charge in [-0.15, -0.1) is 0 Å². The summed E-state index contributed by atoms with van der Waals surface area (Å²) in [4.78, 5) is 17.4. The maximum absolute atomic E-state index is 12.7. The smallest absolute Gasteiger partial charge is 0.137 e. The summed E-state index contributed by atoms with van der Waals surface area (Å²) in [6.07, 6.45) is 9.28. The Balaban J connectivity index is 1.91. The van der Waals surface area contributed by atoms with Crippen molar-refractivity contribution in [3.63, 3.8) is 0 Å². The molecule has 152 valence electrons. The zero-order chi connectivity index (χ0) is 20.5. The van der Waals surface area contributed by atoms with E-state index >= 15 is 0 Å². The van der Waals surface area contributed by atoms with Gasteiger partial charge in [0.2, 0.25) is 0 Å². The number of Topliss-reactive ketones (excluding diaryl/α,β-unsaturated/α-hetero) is 1. The zero-order valence-electron chi connectivity index (χ0n) is 17.4. The lowest BCUT2D eigenvalue weighted by molar-refractivity contribution is -0.118. The molecule has 0 spiro atoms. The predicted molar refractivity (Wildman–Crippen MR) is 120 cm³/mol. The second-order valence-corrected chi connectivity index (χ2v) is 7.69. The van der Waals surface area contributed by atoms with Crippen LogP contribution in [-0.2, 0) is 17.6 Å². The Kier molecular flexibility index (Phi) is 7.94. The van der Waals surface area contributed by atoms with Crippen LogP contribution in [0.1, 0.15) is 56.6 Å². The Labute approximate surface area is 173 Å². The van der Waals surface area contributed by atoms with E-state index in [9.17, 15) is 9.90 Å². The van der Waals surface area contributed by atoms with Gasteiger partial charge in [0.1, 0.15) is 5.78 Å². The van der Waals surface area contributed by atoms with E-state index in [0.717, 1.165) is 46.0 Å². The molecule has 1 N–H and O–H groups in total. The molecule has 0 amide bonds. The fourth-order valence-electron chi connectivity index (χ4n) is 3.95. The van der Waals surface area contributed by atoms with Gasteiger partial charge in [-0.25, -0.2) is 0 Å². The number of unbranched alkanes of at least 4 members (excludes halogenated alkanes) is 4. The van der Waals surface area contributed by atoms with Crippen LogP contribution in [-0.4, -0.2) is 22.5 Å². The van der Waals surface area contributed by atoms with E-state index in [-0.39, 0.29) is 12.4 Å². The fraction of sp³-hybridized carbons (Fsp3) is 0.385. The third-order valence-corrected chi connectivity index (χ3v) is 5.45. The minimum absolute atomic E-state index is 0.0970. The molecule has 0 atom stereocenters. The van der Waals surface area contributed by atoms with E-state index in [4.69, 9.17) is 4.98 Å². The summed E-state index contributed by atoms with van der Waals surface area (Å²) in [5.74, 6) is 0.284. The van der Waals surface area contributed by atoms with E-state index in [0.29, 0.717) is 19.3 Å². The van der Waals surface area contributed by atoms with Crippen molar-refractivity contribution in [2.24, 2.45) is 0 Å². The number of carbonyl (C=O) groups excluding carboxylic acids is 1. The summed E-state index contributed by atoms with van der Waals surface area (Å²) in [6, 6.07) is 16.3. The van der Waals surface area contributed by atoms with E-state index in [1.807, 2.05) is 36.5 Å². The molecule has 0 saturated carbocycles. The number of nitrogens with zero attached hydrogens (tertiary/aromatic N) is 1.